The fraction of sp³-hybridized carbons (Fsp3) is 0.176. The van der Waals surface area contributed by atoms with E-state index in [1.165, 1.54) is 18.2 Å². The van der Waals surface area contributed by atoms with Crippen molar-refractivity contribution in [2.45, 2.75) is 20.8 Å². The van der Waals surface area contributed by atoms with E-state index in [9.17, 15) is 13.2 Å². The minimum atomic E-state index is -1.13. The maximum Gasteiger partial charge on any atom is 0.182 e. The molecule has 0 atom stereocenters. The van der Waals surface area contributed by atoms with E-state index >= 15 is 0 Å². The molecule has 3 N–H and O–H groups in total. The number of anilines is 2. The summed E-state index contributed by atoms with van der Waals surface area (Å²) in [5.74, 6) is -2.75. The number of aryl methyl sites for hydroxylation is 1. The molecule has 0 spiro atoms. The van der Waals surface area contributed by atoms with Crippen LogP contribution < -0.4 is 11.1 Å². The average Bonchev–Trinajstić information content (AvgIpc) is 2.48. The van der Waals surface area contributed by atoms with E-state index in [0.717, 1.165) is 11.6 Å². The molecular weight excluding hydrogens is 289 g/mol. The molecule has 0 aliphatic rings. The van der Waals surface area contributed by atoms with Crippen LogP contribution >= 0.6 is 0 Å². The highest BCUT2D eigenvalue weighted by Crippen LogP contribution is 2.30. The third kappa shape index (κ3) is 3.81. The standard InChI is InChI=1S/C15H13F3N2.C2H6/c1-8-3-6-13(12(17)7-8)20-15-10(9(2)19)4-5-11(16)14(15)18;1-2/h3-7,20H,2,19H2,1H3;1-2H3. The van der Waals surface area contributed by atoms with E-state index in [2.05, 4.69) is 11.9 Å². The van der Waals surface area contributed by atoms with Crippen molar-refractivity contribution in [2.24, 2.45) is 5.73 Å². The van der Waals surface area contributed by atoms with Crippen LogP contribution in [0.3, 0.4) is 0 Å². The first kappa shape index (κ1) is 17.6. The molecule has 2 aromatic rings. The number of nitrogens with two attached hydrogens (primary N) is 1. The molecule has 22 heavy (non-hydrogen) atoms. The molecule has 5 heteroatoms. The highest BCUT2D eigenvalue weighted by Gasteiger charge is 2.16. The minimum Gasteiger partial charge on any atom is -0.399 e. The number of hydrogen-bond acceptors (Lipinski definition) is 2. The summed E-state index contributed by atoms with van der Waals surface area (Å²) in [6.45, 7) is 9.21. The summed E-state index contributed by atoms with van der Waals surface area (Å²) >= 11 is 0. The zero-order valence-corrected chi connectivity index (χ0v) is 12.8. The molecule has 0 aliphatic carbocycles. The van der Waals surface area contributed by atoms with Gasteiger partial charge in [-0.2, -0.15) is 0 Å². The summed E-state index contributed by atoms with van der Waals surface area (Å²) in [5, 5.41) is 2.53. The Balaban J connectivity index is 0.00000116. The second-order valence-electron chi connectivity index (χ2n) is 4.42. The van der Waals surface area contributed by atoms with Gasteiger partial charge in [-0.1, -0.05) is 26.5 Å². The van der Waals surface area contributed by atoms with Crippen LogP contribution in [0.1, 0.15) is 25.0 Å². The van der Waals surface area contributed by atoms with Crippen molar-refractivity contribution < 1.29 is 13.2 Å². The molecule has 118 valence electrons. The first-order chi connectivity index (χ1) is 10.4. The van der Waals surface area contributed by atoms with Crippen molar-refractivity contribution in [3.05, 3.63) is 65.5 Å². The summed E-state index contributed by atoms with van der Waals surface area (Å²) in [7, 11) is 0. The normalized spacial score (nSPS) is 9.73. The number of benzene rings is 2. The lowest BCUT2D eigenvalue weighted by molar-refractivity contribution is 0.511. The molecule has 0 radical (unpaired) electrons. The topological polar surface area (TPSA) is 38.0 Å². The second-order valence-corrected chi connectivity index (χ2v) is 4.42. The number of halogens is 3. The first-order valence-electron chi connectivity index (χ1n) is 6.86. The Morgan fingerprint density at radius 1 is 1.05 bits per heavy atom. The van der Waals surface area contributed by atoms with Gasteiger partial charge in [0, 0.05) is 11.3 Å². The molecular formula is C17H19F3N2. The quantitative estimate of drug-likeness (QED) is 0.826. The van der Waals surface area contributed by atoms with Crippen LogP contribution in [0.2, 0.25) is 0 Å². The molecule has 0 unspecified atom stereocenters. The number of nitrogens with one attached hydrogen (secondary N) is 1. The maximum atomic E-state index is 13.9. The Labute approximate surface area is 128 Å². The SMILES string of the molecule is C=C(N)c1ccc(F)c(F)c1Nc1ccc(C)cc1F.CC. The van der Waals surface area contributed by atoms with Crippen LogP contribution in [-0.2, 0) is 0 Å². The Morgan fingerprint density at radius 3 is 2.23 bits per heavy atom. The van der Waals surface area contributed by atoms with E-state index in [4.69, 9.17) is 5.73 Å². The molecule has 2 nitrogen and oxygen atoms in total. The second kappa shape index (κ2) is 7.54. The van der Waals surface area contributed by atoms with Gasteiger partial charge in [-0.05, 0) is 36.8 Å². The summed E-state index contributed by atoms with van der Waals surface area (Å²) in [5.41, 5.74) is 6.28. The van der Waals surface area contributed by atoms with Gasteiger partial charge in [0.15, 0.2) is 11.6 Å². The summed E-state index contributed by atoms with van der Waals surface area (Å²) in [6, 6.07) is 6.61. The molecule has 2 rings (SSSR count). The lowest BCUT2D eigenvalue weighted by Crippen LogP contribution is -2.05. The molecule has 0 fully saturated rings. The maximum absolute atomic E-state index is 13.9. The minimum absolute atomic E-state index is 0.0302. The van der Waals surface area contributed by atoms with Crippen molar-refractivity contribution in [1.82, 2.24) is 0 Å². The van der Waals surface area contributed by atoms with Gasteiger partial charge in [0.2, 0.25) is 0 Å². The largest absolute Gasteiger partial charge is 0.399 e. The lowest BCUT2D eigenvalue weighted by atomic mass is 10.1. The predicted molar refractivity (Wildman–Crippen MR) is 85.3 cm³/mol. The van der Waals surface area contributed by atoms with Crippen LogP contribution in [0, 0.1) is 24.4 Å². The van der Waals surface area contributed by atoms with Gasteiger partial charge in [-0.15, -0.1) is 0 Å². The van der Waals surface area contributed by atoms with Gasteiger partial charge in [0.05, 0.1) is 11.4 Å². The highest BCUT2D eigenvalue weighted by molar-refractivity contribution is 5.77. The zero-order chi connectivity index (χ0) is 16.9. The zero-order valence-electron chi connectivity index (χ0n) is 12.8. The predicted octanol–water partition coefficient (Wildman–Crippen LogP) is 5.11. The van der Waals surface area contributed by atoms with Gasteiger partial charge in [-0.3, -0.25) is 0 Å². The van der Waals surface area contributed by atoms with Crippen LogP contribution in [0.4, 0.5) is 24.5 Å². The summed E-state index contributed by atoms with van der Waals surface area (Å²) < 4.78 is 40.9. The van der Waals surface area contributed by atoms with Crippen molar-refractivity contribution in [1.29, 1.82) is 0 Å². The summed E-state index contributed by atoms with van der Waals surface area (Å²) in [4.78, 5) is 0. The third-order valence-electron chi connectivity index (χ3n) is 2.83. The smallest absolute Gasteiger partial charge is 0.182 e. The molecule has 0 aliphatic heterocycles. The Bertz CT molecular complexity index is 682. The van der Waals surface area contributed by atoms with Crippen LogP contribution in [0.5, 0.6) is 0 Å². The Kier molecular flexibility index (Phi) is 6.04. The van der Waals surface area contributed by atoms with Crippen molar-refractivity contribution in [3.8, 4) is 0 Å². The molecule has 0 saturated heterocycles. The first-order valence-corrected chi connectivity index (χ1v) is 6.86. The van der Waals surface area contributed by atoms with Crippen molar-refractivity contribution in [3.63, 3.8) is 0 Å². The van der Waals surface area contributed by atoms with Gasteiger partial charge in [-0.25, -0.2) is 13.2 Å². The number of hydrogen-bond donors (Lipinski definition) is 2. The molecule has 0 saturated carbocycles. The van der Waals surface area contributed by atoms with E-state index in [1.54, 1.807) is 13.0 Å². The van der Waals surface area contributed by atoms with Crippen molar-refractivity contribution in [2.75, 3.05) is 5.32 Å². The molecule has 0 aromatic heterocycles. The lowest BCUT2D eigenvalue weighted by Gasteiger charge is -2.14. The van der Waals surface area contributed by atoms with Crippen LogP contribution in [0.25, 0.3) is 5.70 Å². The van der Waals surface area contributed by atoms with E-state index in [1.807, 2.05) is 13.8 Å². The Hall–Kier alpha value is -2.43. The third-order valence-corrected chi connectivity index (χ3v) is 2.83. The van der Waals surface area contributed by atoms with Crippen LogP contribution in [0.15, 0.2) is 36.9 Å². The van der Waals surface area contributed by atoms with E-state index in [0.29, 0.717) is 0 Å². The molecule has 0 bridgehead atoms. The van der Waals surface area contributed by atoms with Gasteiger partial charge in [0.1, 0.15) is 5.82 Å². The van der Waals surface area contributed by atoms with Gasteiger partial charge >= 0.3 is 0 Å². The number of rotatable bonds is 3. The molecule has 0 heterocycles. The van der Waals surface area contributed by atoms with E-state index in [-0.39, 0.29) is 22.6 Å². The van der Waals surface area contributed by atoms with Gasteiger partial charge < -0.3 is 11.1 Å². The fourth-order valence-electron chi connectivity index (χ4n) is 1.80. The fourth-order valence-corrected chi connectivity index (χ4v) is 1.80. The average molecular weight is 308 g/mol. The molecule has 2 aromatic carbocycles. The summed E-state index contributed by atoms with van der Waals surface area (Å²) in [6.07, 6.45) is 0. The monoisotopic (exact) mass is 308 g/mol. The highest BCUT2D eigenvalue weighted by atomic mass is 19.2. The Morgan fingerprint density at radius 2 is 1.68 bits per heavy atom. The molecule has 0 amide bonds. The van der Waals surface area contributed by atoms with E-state index < -0.39 is 17.5 Å². The van der Waals surface area contributed by atoms with Gasteiger partial charge in [0.25, 0.3) is 0 Å². The van der Waals surface area contributed by atoms with Crippen molar-refractivity contribution >= 4 is 17.1 Å². The van der Waals surface area contributed by atoms with Crippen LogP contribution in [-0.4, -0.2) is 0 Å².